The van der Waals surface area contributed by atoms with Crippen LogP contribution in [0.4, 0.5) is 5.69 Å². The van der Waals surface area contributed by atoms with Crippen LogP contribution in [0.3, 0.4) is 0 Å². The largest absolute Gasteiger partial charge is 0.477 e. The van der Waals surface area contributed by atoms with Crippen molar-refractivity contribution >= 4 is 21.6 Å². The highest BCUT2D eigenvalue weighted by Crippen LogP contribution is 2.26. The third kappa shape index (κ3) is 2.66. The summed E-state index contributed by atoms with van der Waals surface area (Å²) in [6.45, 7) is 2.52. The molecule has 1 aromatic rings. The number of pyridine rings is 1. The molecule has 1 rings (SSSR count). The van der Waals surface area contributed by atoms with E-state index in [0.717, 1.165) is 6.42 Å². The van der Waals surface area contributed by atoms with Crippen LogP contribution in [0.15, 0.2) is 16.7 Å². The molecule has 76 valence electrons. The van der Waals surface area contributed by atoms with Crippen LogP contribution in [0.2, 0.25) is 0 Å². The van der Waals surface area contributed by atoms with Crippen LogP contribution in [0.1, 0.15) is 13.3 Å². The summed E-state index contributed by atoms with van der Waals surface area (Å²) >= 11 is 3.15. The molecule has 0 aliphatic carbocycles. The molecule has 6 heteroatoms. The van der Waals surface area contributed by atoms with Crippen molar-refractivity contribution in [3.8, 4) is 5.88 Å². The summed E-state index contributed by atoms with van der Waals surface area (Å²) in [7, 11) is 0. The molecule has 0 aliphatic heterocycles. The zero-order chi connectivity index (χ0) is 10.6. The quantitative estimate of drug-likeness (QED) is 0.617. The lowest BCUT2D eigenvalue weighted by Crippen LogP contribution is -1.99. The smallest absolute Gasteiger partial charge is 0.288 e. The van der Waals surface area contributed by atoms with E-state index < -0.39 is 4.92 Å². The monoisotopic (exact) mass is 260 g/mol. The van der Waals surface area contributed by atoms with E-state index in [1.807, 2.05) is 6.92 Å². The predicted molar refractivity (Wildman–Crippen MR) is 54.4 cm³/mol. The first-order valence-electron chi connectivity index (χ1n) is 4.08. The number of aromatic nitrogens is 1. The number of ether oxygens (including phenoxy) is 1. The van der Waals surface area contributed by atoms with Gasteiger partial charge in [0.15, 0.2) is 0 Å². The summed E-state index contributed by atoms with van der Waals surface area (Å²) in [5, 5.41) is 10.4. The van der Waals surface area contributed by atoms with E-state index in [1.165, 1.54) is 12.3 Å². The molecular weight excluding hydrogens is 252 g/mol. The Morgan fingerprint density at radius 1 is 1.71 bits per heavy atom. The topological polar surface area (TPSA) is 65.3 Å². The zero-order valence-electron chi connectivity index (χ0n) is 7.57. The molecular formula is C8H9BrN2O3. The Bertz CT molecular complexity index is 343. The first-order valence-corrected chi connectivity index (χ1v) is 4.87. The van der Waals surface area contributed by atoms with Gasteiger partial charge in [0.25, 0.3) is 5.69 Å². The maximum Gasteiger partial charge on any atom is 0.288 e. The summed E-state index contributed by atoms with van der Waals surface area (Å²) in [4.78, 5) is 13.7. The van der Waals surface area contributed by atoms with E-state index in [1.54, 1.807) is 0 Å². The van der Waals surface area contributed by atoms with Gasteiger partial charge in [-0.1, -0.05) is 6.92 Å². The summed E-state index contributed by atoms with van der Waals surface area (Å²) in [5.74, 6) is 0.387. The van der Waals surface area contributed by atoms with Gasteiger partial charge in [0.1, 0.15) is 6.20 Å². The molecule has 0 saturated heterocycles. The number of nitrogens with zero attached hydrogens (tertiary/aromatic N) is 2. The predicted octanol–water partition coefficient (Wildman–Crippen LogP) is 2.54. The van der Waals surface area contributed by atoms with Crippen molar-refractivity contribution in [1.29, 1.82) is 0 Å². The number of hydrogen-bond donors (Lipinski definition) is 0. The SMILES string of the molecule is CCCOc1ncc([N+](=O)[O-])cc1Br. The zero-order valence-corrected chi connectivity index (χ0v) is 9.15. The second-order valence-electron chi connectivity index (χ2n) is 2.59. The number of halogens is 1. The molecule has 5 nitrogen and oxygen atoms in total. The first kappa shape index (κ1) is 10.9. The van der Waals surface area contributed by atoms with Crippen LogP contribution in [0.5, 0.6) is 5.88 Å². The lowest BCUT2D eigenvalue weighted by atomic mass is 10.4. The number of nitro groups is 1. The van der Waals surface area contributed by atoms with E-state index in [9.17, 15) is 10.1 Å². The molecule has 0 fully saturated rings. The average molecular weight is 261 g/mol. The molecule has 0 saturated carbocycles. The highest BCUT2D eigenvalue weighted by atomic mass is 79.9. The van der Waals surface area contributed by atoms with Crippen molar-refractivity contribution < 1.29 is 9.66 Å². The van der Waals surface area contributed by atoms with Crippen LogP contribution in [-0.4, -0.2) is 16.5 Å². The Hall–Kier alpha value is -1.17. The molecule has 14 heavy (non-hydrogen) atoms. The van der Waals surface area contributed by atoms with E-state index in [0.29, 0.717) is 17.0 Å². The first-order chi connectivity index (χ1) is 6.65. The molecule has 1 aromatic heterocycles. The van der Waals surface area contributed by atoms with Gasteiger partial charge in [-0.25, -0.2) is 4.98 Å². The molecule has 0 amide bonds. The normalized spacial score (nSPS) is 9.86. The molecule has 0 aromatic carbocycles. The summed E-state index contributed by atoms with van der Waals surface area (Å²) in [6, 6.07) is 1.37. The van der Waals surface area contributed by atoms with Gasteiger partial charge >= 0.3 is 0 Å². The van der Waals surface area contributed by atoms with Crippen LogP contribution >= 0.6 is 15.9 Å². The van der Waals surface area contributed by atoms with Crippen molar-refractivity contribution in [2.75, 3.05) is 6.61 Å². The Morgan fingerprint density at radius 2 is 2.43 bits per heavy atom. The second kappa shape index (κ2) is 4.90. The fraction of sp³-hybridized carbons (Fsp3) is 0.375. The van der Waals surface area contributed by atoms with Crippen LogP contribution in [0, 0.1) is 10.1 Å². The fourth-order valence-electron chi connectivity index (χ4n) is 0.820. The van der Waals surface area contributed by atoms with Gasteiger partial charge < -0.3 is 4.74 Å². The third-order valence-corrected chi connectivity index (χ3v) is 2.01. The summed E-state index contributed by atoms with van der Waals surface area (Å²) < 4.78 is 5.74. The van der Waals surface area contributed by atoms with Gasteiger partial charge in [-0.2, -0.15) is 0 Å². The van der Waals surface area contributed by atoms with Crippen molar-refractivity contribution in [3.63, 3.8) is 0 Å². The van der Waals surface area contributed by atoms with Crippen LogP contribution < -0.4 is 4.74 Å². The molecule has 0 unspecified atom stereocenters. The van der Waals surface area contributed by atoms with Gasteiger partial charge in [0.05, 0.1) is 16.0 Å². The van der Waals surface area contributed by atoms with Crippen molar-refractivity contribution in [2.45, 2.75) is 13.3 Å². The standard InChI is InChI=1S/C8H9BrN2O3/c1-2-3-14-8-7(9)4-6(5-10-8)11(12)13/h4-5H,2-3H2,1H3. The maximum atomic E-state index is 10.4. The van der Waals surface area contributed by atoms with Crippen molar-refractivity contribution in [2.24, 2.45) is 0 Å². The highest BCUT2D eigenvalue weighted by Gasteiger charge is 2.10. The molecule has 1 heterocycles. The second-order valence-corrected chi connectivity index (χ2v) is 3.44. The van der Waals surface area contributed by atoms with Crippen LogP contribution in [-0.2, 0) is 0 Å². The minimum Gasteiger partial charge on any atom is -0.477 e. The lowest BCUT2D eigenvalue weighted by Gasteiger charge is -2.04. The summed E-state index contributed by atoms with van der Waals surface area (Å²) in [5.41, 5.74) is -0.0549. The summed E-state index contributed by atoms with van der Waals surface area (Å²) in [6.07, 6.45) is 2.04. The highest BCUT2D eigenvalue weighted by molar-refractivity contribution is 9.10. The number of rotatable bonds is 4. The van der Waals surface area contributed by atoms with Crippen molar-refractivity contribution in [1.82, 2.24) is 4.98 Å². The molecule has 0 radical (unpaired) electrons. The average Bonchev–Trinajstić information content (AvgIpc) is 2.15. The Morgan fingerprint density at radius 3 is 2.93 bits per heavy atom. The molecule has 0 bridgehead atoms. The molecule has 0 aliphatic rings. The van der Waals surface area contributed by atoms with E-state index in [2.05, 4.69) is 20.9 Å². The van der Waals surface area contributed by atoms with Gasteiger partial charge in [0, 0.05) is 6.07 Å². The Balaban J connectivity index is 2.84. The lowest BCUT2D eigenvalue weighted by molar-refractivity contribution is -0.385. The third-order valence-electron chi connectivity index (χ3n) is 1.45. The van der Waals surface area contributed by atoms with Gasteiger partial charge in [-0.15, -0.1) is 0 Å². The Kier molecular flexibility index (Phi) is 3.82. The van der Waals surface area contributed by atoms with Crippen LogP contribution in [0.25, 0.3) is 0 Å². The van der Waals surface area contributed by atoms with Gasteiger partial charge in [0.2, 0.25) is 5.88 Å². The molecule has 0 atom stereocenters. The van der Waals surface area contributed by atoms with Crippen molar-refractivity contribution in [3.05, 3.63) is 26.9 Å². The van der Waals surface area contributed by atoms with E-state index in [4.69, 9.17) is 4.74 Å². The van der Waals surface area contributed by atoms with Gasteiger partial charge in [-0.05, 0) is 22.4 Å². The molecule has 0 N–H and O–H groups in total. The maximum absolute atomic E-state index is 10.4. The fourth-order valence-corrected chi connectivity index (χ4v) is 1.27. The minimum atomic E-state index is -0.499. The Labute approximate surface area is 89.4 Å². The van der Waals surface area contributed by atoms with Gasteiger partial charge in [-0.3, -0.25) is 10.1 Å². The minimum absolute atomic E-state index is 0.0549. The molecule has 0 spiro atoms. The number of hydrogen-bond acceptors (Lipinski definition) is 4. The van der Waals surface area contributed by atoms with E-state index >= 15 is 0 Å². The van der Waals surface area contributed by atoms with E-state index in [-0.39, 0.29) is 5.69 Å².